The molecule has 4 rings (SSSR count). The van der Waals surface area contributed by atoms with Gasteiger partial charge in [0.2, 0.25) is 5.28 Å². The van der Waals surface area contributed by atoms with E-state index in [1.807, 2.05) is 59.2 Å². The normalized spacial score (nSPS) is 11.2. The molecule has 7 heteroatoms. The lowest BCUT2D eigenvalue weighted by atomic mass is 10.2. The summed E-state index contributed by atoms with van der Waals surface area (Å²) in [6.07, 6.45) is 0. The predicted molar refractivity (Wildman–Crippen MR) is 101 cm³/mol. The Hall–Kier alpha value is -2.14. The summed E-state index contributed by atoms with van der Waals surface area (Å²) in [5.41, 5.74) is 3.14. The quantitative estimate of drug-likeness (QED) is 0.343. The first-order valence-corrected chi connectivity index (χ1v) is 8.64. The minimum absolute atomic E-state index is 0.0920. The van der Waals surface area contributed by atoms with E-state index in [1.165, 1.54) is 0 Å². The first-order chi connectivity index (χ1) is 12.1. The van der Waals surface area contributed by atoms with E-state index in [0.717, 1.165) is 17.0 Å². The third-order valence-electron chi connectivity index (χ3n) is 3.81. The molecule has 0 fully saturated rings. The van der Waals surface area contributed by atoms with E-state index in [0.29, 0.717) is 22.7 Å². The molecular formula is C18H11Cl3N4. The first kappa shape index (κ1) is 16.3. The van der Waals surface area contributed by atoms with Crippen LogP contribution in [0.25, 0.3) is 22.6 Å². The van der Waals surface area contributed by atoms with Gasteiger partial charge in [-0.25, -0.2) is 9.97 Å². The summed E-state index contributed by atoms with van der Waals surface area (Å²) < 4.78 is 1.98. The number of aromatic nitrogens is 4. The standard InChI is InChI=1S/C18H11Cl3N4/c19-13-8-6-12(7-9-13)16-22-14-15(20)23-18(21)24-17(14)25(16)10-11-4-2-1-3-5-11/h1-9H,10H2. The molecule has 2 heterocycles. The summed E-state index contributed by atoms with van der Waals surface area (Å²) in [7, 11) is 0. The second-order valence-electron chi connectivity index (χ2n) is 5.47. The number of benzene rings is 2. The maximum absolute atomic E-state index is 6.23. The molecule has 124 valence electrons. The second-order valence-corrected chi connectivity index (χ2v) is 6.60. The number of halogens is 3. The highest BCUT2D eigenvalue weighted by Crippen LogP contribution is 2.29. The minimum atomic E-state index is 0.0920. The minimum Gasteiger partial charge on any atom is -0.304 e. The van der Waals surface area contributed by atoms with Gasteiger partial charge in [-0.2, -0.15) is 4.98 Å². The van der Waals surface area contributed by atoms with Crippen LogP contribution in [0.15, 0.2) is 54.6 Å². The van der Waals surface area contributed by atoms with Gasteiger partial charge < -0.3 is 4.57 Å². The molecule has 4 nitrogen and oxygen atoms in total. The average molecular weight is 390 g/mol. The Bertz CT molecular complexity index is 1040. The van der Waals surface area contributed by atoms with E-state index < -0.39 is 0 Å². The fourth-order valence-corrected chi connectivity index (χ4v) is 3.22. The van der Waals surface area contributed by atoms with Crippen molar-refractivity contribution in [3.8, 4) is 11.4 Å². The summed E-state index contributed by atoms with van der Waals surface area (Å²) in [4.78, 5) is 13.0. The largest absolute Gasteiger partial charge is 0.304 e. The van der Waals surface area contributed by atoms with Crippen LogP contribution in [0.1, 0.15) is 5.56 Å². The van der Waals surface area contributed by atoms with Crippen molar-refractivity contribution in [2.24, 2.45) is 0 Å². The van der Waals surface area contributed by atoms with Crippen molar-refractivity contribution < 1.29 is 0 Å². The fourth-order valence-electron chi connectivity index (χ4n) is 2.68. The molecule has 0 N–H and O–H groups in total. The average Bonchev–Trinajstić information content (AvgIpc) is 2.95. The highest BCUT2D eigenvalue weighted by molar-refractivity contribution is 6.35. The van der Waals surface area contributed by atoms with Gasteiger partial charge in [0.1, 0.15) is 11.3 Å². The van der Waals surface area contributed by atoms with E-state index in [2.05, 4.69) is 15.0 Å². The first-order valence-electron chi connectivity index (χ1n) is 7.51. The predicted octanol–water partition coefficient (Wildman–Crippen LogP) is 5.50. The Labute approximate surface area is 159 Å². The van der Waals surface area contributed by atoms with Crippen LogP contribution < -0.4 is 0 Å². The number of hydrogen-bond donors (Lipinski definition) is 0. The highest BCUT2D eigenvalue weighted by Gasteiger charge is 2.18. The van der Waals surface area contributed by atoms with Crippen molar-refractivity contribution in [2.75, 3.05) is 0 Å². The van der Waals surface area contributed by atoms with E-state index >= 15 is 0 Å². The molecule has 0 aliphatic carbocycles. The molecule has 2 aromatic carbocycles. The Morgan fingerprint density at radius 1 is 0.800 bits per heavy atom. The Morgan fingerprint density at radius 2 is 1.52 bits per heavy atom. The second kappa shape index (κ2) is 6.64. The molecular weight excluding hydrogens is 379 g/mol. The number of rotatable bonds is 3. The number of hydrogen-bond acceptors (Lipinski definition) is 3. The van der Waals surface area contributed by atoms with Crippen LogP contribution in [0, 0.1) is 0 Å². The van der Waals surface area contributed by atoms with E-state index in [-0.39, 0.29) is 10.4 Å². The zero-order valence-electron chi connectivity index (χ0n) is 12.8. The van der Waals surface area contributed by atoms with Gasteiger partial charge in [-0.3, -0.25) is 0 Å². The molecule has 0 spiro atoms. The van der Waals surface area contributed by atoms with Crippen LogP contribution in [-0.2, 0) is 6.54 Å². The van der Waals surface area contributed by atoms with Crippen molar-refractivity contribution >= 4 is 46.0 Å². The molecule has 0 unspecified atom stereocenters. The number of nitrogens with zero attached hydrogens (tertiary/aromatic N) is 4. The summed E-state index contributed by atoms with van der Waals surface area (Å²) in [6.45, 7) is 0.582. The Morgan fingerprint density at radius 3 is 2.24 bits per heavy atom. The van der Waals surface area contributed by atoms with E-state index in [1.54, 1.807) is 0 Å². The fraction of sp³-hybridized carbons (Fsp3) is 0.0556. The van der Waals surface area contributed by atoms with Crippen LogP contribution in [0.4, 0.5) is 0 Å². The monoisotopic (exact) mass is 388 g/mol. The van der Waals surface area contributed by atoms with Crippen LogP contribution in [0.3, 0.4) is 0 Å². The zero-order valence-corrected chi connectivity index (χ0v) is 15.1. The smallest absolute Gasteiger partial charge is 0.225 e. The molecule has 0 saturated carbocycles. The van der Waals surface area contributed by atoms with Gasteiger partial charge >= 0.3 is 0 Å². The lowest BCUT2D eigenvalue weighted by Gasteiger charge is -2.09. The van der Waals surface area contributed by atoms with Crippen LogP contribution in [-0.4, -0.2) is 19.5 Å². The van der Waals surface area contributed by atoms with Gasteiger partial charge in [-0.15, -0.1) is 0 Å². The third-order valence-corrected chi connectivity index (χ3v) is 4.50. The third kappa shape index (κ3) is 3.21. The Balaban J connectivity index is 1.95. The maximum Gasteiger partial charge on any atom is 0.225 e. The van der Waals surface area contributed by atoms with Gasteiger partial charge in [0.25, 0.3) is 0 Å². The Kier molecular flexibility index (Phi) is 4.34. The van der Waals surface area contributed by atoms with Gasteiger partial charge in [-0.1, -0.05) is 53.5 Å². The van der Waals surface area contributed by atoms with Crippen LogP contribution >= 0.6 is 34.8 Å². The molecule has 2 aromatic heterocycles. The lowest BCUT2D eigenvalue weighted by Crippen LogP contribution is -2.03. The molecule has 0 aliphatic heterocycles. The molecule has 0 amide bonds. The molecule has 0 atom stereocenters. The van der Waals surface area contributed by atoms with Gasteiger partial charge in [-0.05, 0) is 41.4 Å². The van der Waals surface area contributed by atoms with Crippen molar-refractivity contribution in [1.29, 1.82) is 0 Å². The van der Waals surface area contributed by atoms with Crippen molar-refractivity contribution in [3.05, 3.63) is 75.6 Å². The van der Waals surface area contributed by atoms with Crippen LogP contribution in [0.2, 0.25) is 15.5 Å². The summed E-state index contributed by atoms with van der Waals surface area (Å²) in [5.74, 6) is 0.731. The SMILES string of the molecule is Clc1ccc(-c2nc3c(Cl)nc(Cl)nc3n2Cc2ccccc2)cc1. The van der Waals surface area contributed by atoms with Gasteiger partial charge in [0.05, 0.1) is 6.54 Å². The summed E-state index contributed by atoms with van der Waals surface area (Å²) in [5, 5.41) is 0.988. The molecule has 4 aromatic rings. The number of imidazole rings is 1. The van der Waals surface area contributed by atoms with Crippen molar-refractivity contribution in [1.82, 2.24) is 19.5 Å². The lowest BCUT2D eigenvalue weighted by molar-refractivity contribution is 0.823. The zero-order chi connectivity index (χ0) is 17.4. The maximum atomic E-state index is 6.23. The molecule has 0 saturated heterocycles. The molecule has 0 bridgehead atoms. The highest BCUT2D eigenvalue weighted by atomic mass is 35.5. The van der Waals surface area contributed by atoms with E-state index in [9.17, 15) is 0 Å². The molecule has 0 aliphatic rings. The molecule has 25 heavy (non-hydrogen) atoms. The van der Waals surface area contributed by atoms with Gasteiger partial charge in [0.15, 0.2) is 10.8 Å². The molecule has 0 radical (unpaired) electrons. The van der Waals surface area contributed by atoms with Crippen LogP contribution in [0.5, 0.6) is 0 Å². The van der Waals surface area contributed by atoms with Crippen molar-refractivity contribution in [3.63, 3.8) is 0 Å². The van der Waals surface area contributed by atoms with E-state index in [4.69, 9.17) is 34.8 Å². The number of fused-ring (bicyclic) bond motifs is 1. The summed E-state index contributed by atoms with van der Waals surface area (Å²) >= 11 is 18.2. The van der Waals surface area contributed by atoms with Crippen molar-refractivity contribution in [2.45, 2.75) is 6.54 Å². The van der Waals surface area contributed by atoms with Gasteiger partial charge in [0, 0.05) is 10.6 Å². The topological polar surface area (TPSA) is 43.6 Å². The summed E-state index contributed by atoms with van der Waals surface area (Å²) in [6, 6.07) is 17.5.